The van der Waals surface area contributed by atoms with E-state index in [1.165, 1.54) is 0 Å². The summed E-state index contributed by atoms with van der Waals surface area (Å²) < 4.78 is 94.5. The minimum atomic E-state index is -5.00. The van der Waals surface area contributed by atoms with Crippen molar-refractivity contribution in [3.63, 3.8) is 0 Å². The lowest BCUT2D eigenvalue weighted by molar-refractivity contribution is -0.274. The van der Waals surface area contributed by atoms with Gasteiger partial charge in [0.05, 0.1) is 5.56 Å². The minimum Gasteiger partial charge on any atom is -0.477 e. The average molecular weight is 354 g/mol. The molecule has 0 spiro atoms. The zero-order valence-electron chi connectivity index (χ0n) is 11.2. The third kappa shape index (κ3) is 3.26. The van der Waals surface area contributed by atoms with E-state index in [-0.39, 0.29) is 0 Å². The fourth-order valence-electron chi connectivity index (χ4n) is 1.90. The molecule has 0 bridgehead atoms. The molecule has 0 unspecified atom stereocenters. The normalized spacial score (nSPS) is 11.5. The van der Waals surface area contributed by atoms with Crippen molar-refractivity contribution in [2.24, 2.45) is 0 Å². The summed E-state index contributed by atoms with van der Waals surface area (Å²) in [5.41, 5.74) is -3.59. The maximum Gasteiger partial charge on any atom is 0.573 e. The van der Waals surface area contributed by atoms with Gasteiger partial charge in [-0.3, -0.25) is 0 Å². The lowest BCUT2D eigenvalue weighted by atomic mass is 10.0. The summed E-state index contributed by atoms with van der Waals surface area (Å²) in [7, 11) is 0. The highest BCUT2D eigenvalue weighted by molar-refractivity contribution is 5.89. The van der Waals surface area contributed by atoms with Gasteiger partial charge in [0.2, 0.25) is 0 Å². The first-order valence-electron chi connectivity index (χ1n) is 5.98. The molecule has 0 aromatic heterocycles. The smallest absolute Gasteiger partial charge is 0.477 e. The number of rotatable bonds is 3. The molecule has 0 aliphatic carbocycles. The fraction of sp³-hybridized carbons (Fsp3) is 0.0714. The number of alkyl halides is 3. The molecule has 0 aliphatic rings. The first-order chi connectivity index (χ1) is 11.0. The number of halogens is 7. The zero-order valence-corrected chi connectivity index (χ0v) is 11.2. The molecule has 2 rings (SSSR count). The van der Waals surface area contributed by atoms with Gasteiger partial charge in [-0.05, 0) is 17.7 Å². The maximum absolute atomic E-state index is 13.9. The molecule has 0 saturated carbocycles. The molecule has 0 heterocycles. The summed E-state index contributed by atoms with van der Waals surface area (Å²) in [4.78, 5) is 10.6. The second kappa shape index (κ2) is 6.02. The van der Waals surface area contributed by atoms with Crippen LogP contribution in [-0.2, 0) is 0 Å². The van der Waals surface area contributed by atoms with Gasteiger partial charge in [-0.15, -0.1) is 13.2 Å². The van der Waals surface area contributed by atoms with Crippen molar-refractivity contribution in [2.45, 2.75) is 6.36 Å². The Bertz CT molecular complexity index is 768. The van der Waals surface area contributed by atoms with Crippen LogP contribution in [0.15, 0.2) is 24.3 Å². The molecule has 24 heavy (non-hydrogen) atoms. The molecule has 1 N–H and O–H groups in total. The largest absolute Gasteiger partial charge is 0.573 e. The van der Waals surface area contributed by atoms with Gasteiger partial charge < -0.3 is 9.84 Å². The molecule has 0 aliphatic heterocycles. The molecule has 128 valence electrons. The predicted octanol–water partition coefficient (Wildman–Crippen LogP) is 4.51. The van der Waals surface area contributed by atoms with Crippen LogP contribution in [0.5, 0.6) is 5.75 Å². The van der Waals surface area contributed by atoms with Crippen LogP contribution in [0.3, 0.4) is 0 Å². The standard InChI is InChI=1S/C14H5F7O3/c15-9-7(10(16)12(18)8(11(9)17)13(22)23)5-1-3-6(4-2-5)24-14(19,20)21/h1-4H,(H,22,23). The zero-order chi connectivity index (χ0) is 18.2. The molecule has 0 fully saturated rings. The summed E-state index contributed by atoms with van der Waals surface area (Å²) in [5, 5.41) is 8.56. The number of ether oxygens (including phenoxy) is 1. The Morgan fingerprint density at radius 3 is 1.71 bits per heavy atom. The summed E-state index contributed by atoms with van der Waals surface area (Å²) in [5.74, 6) is -11.2. The Labute approximate surface area is 128 Å². The van der Waals surface area contributed by atoms with E-state index in [4.69, 9.17) is 5.11 Å². The molecule has 3 nitrogen and oxygen atoms in total. The van der Waals surface area contributed by atoms with Gasteiger partial charge in [0.25, 0.3) is 0 Å². The number of carboxylic acids is 1. The predicted molar refractivity (Wildman–Crippen MR) is 65.4 cm³/mol. The summed E-state index contributed by atoms with van der Waals surface area (Å²) >= 11 is 0. The Balaban J connectivity index is 2.56. The summed E-state index contributed by atoms with van der Waals surface area (Å²) in [6.07, 6.45) is -5.00. The van der Waals surface area contributed by atoms with Crippen LogP contribution < -0.4 is 4.74 Å². The molecule has 0 saturated heterocycles. The van der Waals surface area contributed by atoms with Crippen molar-refractivity contribution in [3.8, 4) is 16.9 Å². The molecular weight excluding hydrogens is 349 g/mol. The van der Waals surface area contributed by atoms with Crippen LogP contribution in [0.2, 0.25) is 0 Å². The van der Waals surface area contributed by atoms with Crippen LogP contribution in [0.4, 0.5) is 30.7 Å². The number of aromatic carboxylic acids is 1. The van der Waals surface area contributed by atoms with Crippen LogP contribution in [0, 0.1) is 23.3 Å². The van der Waals surface area contributed by atoms with Crippen molar-refractivity contribution in [1.29, 1.82) is 0 Å². The van der Waals surface area contributed by atoms with Crippen LogP contribution in [0.1, 0.15) is 10.4 Å². The molecule has 0 radical (unpaired) electrons. The second-order valence-electron chi connectivity index (χ2n) is 4.38. The van der Waals surface area contributed by atoms with Crippen molar-refractivity contribution in [3.05, 3.63) is 53.1 Å². The molecule has 0 atom stereocenters. The maximum atomic E-state index is 13.9. The molecule has 10 heteroatoms. The number of carbonyl (C=O) groups is 1. The van der Waals surface area contributed by atoms with E-state index in [9.17, 15) is 35.5 Å². The van der Waals surface area contributed by atoms with Gasteiger partial charge in [0.1, 0.15) is 11.3 Å². The van der Waals surface area contributed by atoms with Crippen molar-refractivity contribution in [1.82, 2.24) is 0 Å². The van der Waals surface area contributed by atoms with Gasteiger partial charge in [0, 0.05) is 0 Å². The summed E-state index contributed by atoms with van der Waals surface area (Å²) in [6, 6.07) is 2.79. The van der Waals surface area contributed by atoms with Crippen molar-refractivity contribution >= 4 is 5.97 Å². The Morgan fingerprint density at radius 2 is 1.33 bits per heavy atom. The first-order valence-corrected chi connectivity index (χ1v) is 5.98. The van der Waals surface area contributed by atoms with Crippen LogP contribution in [0.25, 0.3) is 11.1 Å². The van der Waals surface area contributed by atoms with Gasteiger partial charge in [0.15, 0.2) is 23.3 Å². The minimum absolute atomic E-state index is 0.519. The number of benzene rings is 2. The highest BCUT2D eigenvalue weighted by atomic mass is 19.4. The highest BCUT2D eigenvalue weighted by Gasteiger charge is 2.32. The topological polar surface area (TPSA) is 46.5 Å². The van der Waals surface area contributed by atoms with E-state index < -0.39 is 58.0 Å². The number of hydrogen-bond acceptors (Lipinski definition) is 2. The number of hydrogen-bond donors (Lipinski definition) is 1. The second-order valence-corrected chi connectivity index (χ2v) is 4.38. The Morgan fingerprint density at radius 1 is 0.875 bits per heavy atom. The monoisotopic (exact) mass is 354 g/mol. The van der Waals surface area contributed by atoms with Crippen LogP contribution in [-0.4, -0.2) is 17.4 Å². The van der Waals surface area contributed by atoms with E-state index in [0.29, 0.717) is 12.1 Å². The highest BCUT2D eigenvalue weighted by Crippen LogP contribution is 2.33. The fourth-order valence-corrected chi connectivity index (χ4v) is 1.90. The van der Waals surface area contributed by atoms with Gasteiger partial charge in [-0.25, -0.2) is 22.4 Å². The van der Waals surface area contributed by atoms with Crippen LogP contribution >= 0.6 is 0 Å². The first kappa shape index (κ1) is 17.6. The van der Waals surface area contributed by atoms with E-state index in [0.717, 1.165) is 12.1 Å². The molecule has 2 aromatic carbocycles. The Kier molecular flexibility index (Phi) is 4.41. The number of carboxylic acid groups (broad SMARTS) is 1. The lowest BCUT2D eigenvalue weighted by Crippen LogP contribution is -2.17. The van der Waals surface area contributed by atoms with Crippen molar-refractivity contribution in [2.75, 3.05) is 0 Å². The van der Waals surface area contributed by atoms with Gasteiger partial charge >= 0.3 is 12.3 Å². The van der Waals surface area contributed by atoms with E-state index in [1.807, 2.05) is 0 Å². The summed E-state index contributed by atoms with van der Waals surface area (Å²) in [6.45, 7) is 0. The van der Waals surface area contributed by atoms with E-state index in [2.05, 4.69) is 4.74 Å². The molecule has 0 amide bonds. The average Bonchev–Trinajstić information content (AvgIpc) is 2.45. The quantitative estimate of drug-likeness (QED) is 0.652. The lowest BCUT2D eigenvalue weighted by Gasteiger charge is -2.12. The third-order valence-electron chi connectivity index (χ3n) is 2.85. The van der Waals surface area contributed by atoms with Gasteiger partial charge in [-0.2, -0.15) is 0 Å². The van der Waals surface area contributed by atoms with E-state index in [1.54, 1.807) is 0 Å². The molecular formula is C14H5F7O3. The third-order valence-corrected chi connectivity index (χ3v) is 2.85. The van der Waals surface area contributed by atoms with Crippen molar-refractivity contribution < 1.29 is 45.4 Å². The SMILES string of the molecule is O=C(O)c1c(F)c(F)c(-c2ccc(OC(F)(F)F)cc2)c(F)c1F. The Hall–Kier alpha value is -2.78. The molecule has 2 aromatic rings. The van der Waals surface area contributed by atoms with Gasteiger partial charge in [-0.1, -0.05) is 12.1 Å². The van der Waals surface area contributed by atoms with E-state index >= 15 is 0 Å².